The third kappa shape index (κ3) is 5.26. The van der Waals surface area contributed by atoms with Crippen molar-refractivity contribution in [3.8, 4) is 11.1 Å². The van der Waals surface area contributed by atoms with Crippen molar-refractivity contribution in [2.45, 2.75) is 63.6 Å². The van der Waals surface area contributed by atoms with Crippen molar-refractivity contribution in [1.82, 2.24) is 19.9 Å². The van der Waals surface area contributed by atoms with E-state index in [0.717, 1.165) is 61.0 Å². The van der Waals surface area contributed by atoms with E-state index in [4.69, 9.17) is 9.72 Å². The fourth-order valence-corrected chi connectivity index (χ4v) is 4.69. The minimum absolute atomic E-state index is 0.0169. The lowest BCUT2D eigenvalue weighted by atomic mass is 9.92. The third-order valence-corrected chi connectivity index (χ3v) is 6.84. The average Bonchev–Trinajstić information content (AvgIpc) is 3.55. The molecule has 0 unspecified atom stereocenters. The van der Waals surface area contributed by atoms with Crippen LogP contribution in [-0.4, -0.2) is 64.1 Å². The van der Waals surface area contributed by atoms with Crippen LogP contribution in [-0.2, 0) is 4.74 Å². The number of nitrogens with one attached hydrogen (secondary N) is 3. The number of aryl methyl sites for hydroxylation is 1. The van der Waals surface area contributed by atoms with Crippen molar-refractivity contribution in [3.63, 3.8) is 0 Å². The molecule has 2 atom stereocenters. The number of carbonyl (C=O) groups is 1. The summed E-state index contributed by atoms with van der Waals surface area (Å²) in [6.07, 6.45) is 7.41. The Labute approximate surface area is 205 Å². The van der Waals surface area contributed by atoms with Gasteiger partial charge in [0.05, 0.1) is 24.9 Å². The Morgan fingerprint density at radius 1 is 1.20 bits per heavy atom. The molecule has 2 fully saturated rings. The number of hydrogen-bond acceptors (Lipinski definition) is 7. The van der Waals surface area contributed by atoms with Crippen molar-refractivity contribution in [2.75, 3.05) is 30.9 Å². The standard InChI is InChI=1S/C26H34N6O3/c1-16-13-17(7-10-19(16)26(34)29-18-8-9-18)20-15-28-32-24(27-11-12-35-2)14-23(31-25(20)32)30-21-5-3-4-6-22(21)33/h7,10,13-15,18,21-22,27,33H,3-6,8-9,11-12H2,1-2H3,(H,29,34)(H,30,31)/t21-,22+/m0/s1. The number of hydrogen-bond donors (Lipinski definition) is 4. The maximum atomic E-state index is 12.6. The van der Waals surface area contributed by atoms with E-state index in [1.165, 1.54) is 0 Å². The molecule has 35 heavy (non-hydrogen) atoms. The average molecular weight is 479 g/mol. The number of methoxy groups -OCH3 is 1. The van der Waals surface area contributed by atoms with E-state index in [-0.39, 0.29) is 18.1 Å². The lowest BCUT2D eigenvalue weighted by molar-refractivity contribution is 0.0950. The number of aliphatic hydroxyl groups is 1. The molecule has 186 valence electrons. The minimum atomic E-state index is -0.381. The molecule has 3 aromatic rings. The van der Waals surface area contributed by atoms with Crippen LogP contribution in [0.1, 0.15) is 54.4 Å². The third-order valence-electron chi connectivity index (χ3n) is 6.84. The molecule has 2 saturated carbocycles. The number of carbonyl (C=O) groups excluding carboxylic acids is 1. The van der Waals surface area contributed by atoms with Gasteiger partial charge in [0, 0.05) is 36.9 Å². The van der Waals surface area contributed by atoms with Crippen LogP contribution in [0.3, 0.4) is 0 Å². The first-order valence-corrected chi connectivity index (χ1v) is 12.5. The van der Waals surface area contributed by atoms with Crippen LogP contribution in [0.25, 0.3) is 16.8 Å². The predicted molar refractivity (Wildman–Crippen MR) is 136 cm³/mol. The van der Waals surface area contributed by atoms with Gasteiger partial charge in [0.25, 0.3) is 5.91 Å². The summed E-state index contributed by atoms with van der Waals surface area (Å²) in [5.74, 6) is 1.47. The second-order valence-corrected chi connectivity index (χ2v) is 9.62. The quantitative estimate of drug-likeness (QED) is 0.349. The Hall–Kier alpha value is -3.17. The summed E-state index contributed by atoms with van der Waals surface area (Å²) in [5, 5.41) is 25.0. The molecule has 9 heteroatoms. The van der Waals surface area contributed by atoms with Gasteiger partial charge in [-0.3, -0.25) is 4.79 Å². The second kappa shape index (κ2) is 10.2. The van der Waals surface area contributed by atoms with Gasteiger partial charge in [0.15, 0.2) is 5.65 Å². The molecular weight excluding hydrogens is 444 g/mol. The molecule has 5 rings (SSSR count). The number of fused-ring (bicyclic) bond motifs is 1. The summed E-state index contributed by atoms with van der Waals surface area (Å²) >= 11 is 0. The van der Waals surface area contributed by atoms with Crippen molar-refractivity contribution >= 4 is 23.2 Å². The first kappa shape index (κ1) is 23.6. The summed E-state index contributed by atoms with van der Waals surface area (Å²) in [6, 6.07) is 8.08. The molecule has 2 aromatic heterocycles. The van der Waals surface area contributed by atoms with Gasteiger partial charge in [-0.15, -0.1) is 0 Å². The number of rotatable bonds is 9. The molecule has 2 aliphatic carbocycles. The highest BCUT2D eigenvalue weighted by Gasteiger charge is 2.25. The Kier molecular flexibility index (Phi) is 6.88. The Morgan fingerprint density at radius 2 is 2.03 bits per heavy atom. The van der Waals surface area contributed by atoms with Crippen molar-refractivity contribution in [3.05, 3.63) is 41.6 Å². The zero-order chi connectivity index (χ0) is 24.4. The maximum Gasteiger partial charge on any atom is 0.251 e. The van der Waals surface area contributed by atoms with Crippen LogP contribution < -0.4 is 16.0 Å². The van der Waals surface area contributed by atoms with Crippen LogP contribution >= 0.6 is 0 Å². The number of aromatic nitrogens is 3. The van der Waals surface area contributed by atoms with E-state index >= 15 is 0 Å². The highest BCUT2D eigenvalue weighted by Crippen LogP contribution is 2.30. The normalized spacial score (nSPS) is 20.1. The summed E-state index contributed by atoms with van der Waals surface area (Å²) in [4.78, 5) is 17.5. The summed E-state index contributed by atoms with van der Waals surface area (Å²) in [6.45, 7) is 3.14. The number of amides is 1. The molecular formula is C26H34N6O3. The van der Waals surface area contributed by atoms with E-state index in [2.05, 4.69) is 21.0 Å². The predicted octanol–water partition coefficient (Wildman–Crippen LogP) is 3.37. The van der Waals surface area contributed by atoms with Crippen LogP contribution in [0.5, 0.6) is 0 Å². The van der Waals surface area contributed by atoms with Gasteiger partial charge in [-0.2, -0.15) is 9.61 Å². The molecule has 0 aliphatic heterocycles. The van der Waals surface area contributed by atoms with Crippen molar-refractivity contribution in [2.24, 2.45) is 0 Å². The van der Waals surface area contributed by atoms with E-state index in [1.807, 2.05) is 37.4 Å². The zero-order valence-electron chi connectivity index (χ0n) is 20.4. The molecule has 0 bridgehead atoms. The molecule has 0 saturated heterocycles. The first-order chi connectivity index (χ1) is 17.0. The molecule has 9 nitrogen and oxygen atoms in total. The smallest absolute Gasteiger partial charge is 0.251 e. The molecule has 4 N–H and O–H groups in total. The van der Waals surface area contributed by atoms with Gasteiger partial charge >= 0.3 is 0 Å². The zero-order valence-corrected chi connectivity index (χ0v) is 20.4. The maximum absolute atomic E-state index is 12.6. The summed E-state index contributed by atoms with van der Waals surface area (Å²) in [5.41, 5.74) is 4.14. The fourth-order valence-electron chi connectivity index (χ4n) is 4.69. The van der Waals surface area contributed by atoms with E-state index in [1.54, 1.807) is 11.6 Å². The molecule has 0 radical (unpaired) electrons. The van der Waals surface area contributed by atoms with Crippen LogP contribution in [0.4, 0.5) is 11.6 Å². The molecule has 2 heterocycles. The van der Waals surface area contributed by atoms with Crippen molar-refractivity contribution in [1.29, 1.82) is 0 Å². The lowest BCUT2D eigenvalue weighted by Gasteiger charge is -2.29. The highest BCUT2D eigenvalue weighted by molar-refractivity contribution is 5.97. The Bertz CT molecular complexity index is 1210. The van der Waals surface area contributed by atoms with E-state index in [9.17, 15) is 9.90 Å². The monoisotopic (exact) mass is 478 g/mol. The number of benzene rings is 1. The molecule has 2 aliphatic rings. The van der Waals surface area contributed by atoms with Crippen molar-refractivity contribution < 1.29 is 14.6 Å². The Morgan fingerprint density at radius 3 is 2.77 bits per heavy atom. The molecule has 0 spiro atoms. The summed E-state index contributed by atoms with van der Waals surface area (Å²) in [7, 11) is 1.67. The van der Waals surface area contributed by atoms with Crippen LogP contribution in [0.2, 0.25) is 0 Å². The lowest BCUT2D eigenvalue weighted by Crippen LogP contribution is -2.36. The largest absolute Gasteiger partial charge is 0.391 e. The molecule has 1 aromatic carbocycles. The number of anilines is 2. The van der Waals surface area contributed by atoms with Gasteiger partial charge in [-0.1, -0.05) is 25.0 Å². The summed E-state index contributed by atoms with van der Waals surface area (Å²) < 4.78 is 6.99. The number of ether oxygens (including phenoxy) is 1. The second-order valence-electron chi connectivity index (χ2n) is 9.62. The molecule has 1 amide bonds. The SMILES string of the molecule is COCCNc1cc(N[C@H]2CCCC[C@H]2O)nc2c(-c3ccc(C(=O)NC4CC4)c(C)c3)cnn12. The van der Waals surface area contributed by atoms with E-state index in [0.29, 0.717) is 36.2 Å². The van der Waals surface area contributed by atoms with Gasteiger partial charge in [0.1, 0.15) is 11.6 Å². The van der Waals surface area contributed by atoms with E-state index < -0.39 is 0 Å². The number of nitrogens with zero attached hydrogens (tertiary/aromatic N) is 3. The highest BCUT2D eigenvalue weighted by atomic mass is 16.5. The van der Waals surface area contributed by atoms with Crippen LogP contribution in [0, 0.1) is 6.92 Å². The van der Waals surface area contributed by atoms with Gasteiger partial charge in [-0.05, 0) is 49.8 Å². The van der Waals surface area contributed by atoms with Gasteiger partial charge in [0.2, 0.25) is 0 Å². The van der Waals surface area contributed by atoms with Crippen LogP contribution in [0.15, 0.2) is 30.5 Å². The first-order valence-electron chi connectivity index (χ1n) is 12.5. The minimum Gasteiger partial charge on any atom is -0.391 e. The van der Waals surface area contributed by atoms with Gasteiger partial charge in [-0.25, -0.2) is 4.98 Å². The fraction of sp³-hybridized carbons (Fsp3) is 0.500. The Balaban J connectivity index is 1.48. The topological polar surface area (TPSA) is 113 Å². The van der Waals surface area contributed by atoms with Gasteiger partial charge < -0.3 is 25.8 Å². The number of aliphatic hydroxyl groups excluding tert-OH is 1.